The lowest BCUT2D eigenvalue weighted by Crippen LogP contribution is -2.62. The van der Waals surface area contributed by atoms with Crippen LogP contribution in [-0.2, 0) is 11.3 Å². The van der Waals surface area contributed by atoms with Gasteiger partial charge < -0.3 is 15.2 Å². The first-order chi connectivity index (χ1) is 10.2. The summed E-state index contributed by atoms with van der Waals surface area (Å²) in [5.74, 6) is 0.894. The molecular formula is C18H27NO2. The van der Waals surface area contributed by atoms with Gasteiger partial charge in [-0.15, -0.1) is 0 Å². The fraction of sp³-hybridized carbons (Fsp3) is 0.667. The first kappa shape index (κ1) is 14.9. The number of methoxy groups -OCH3 is 1. The zero-order valence-corrected chi connectivity index (χ0v) is 13.0. The lowest BCUT2D eigenvalue weighted by molar-refractivity contribution is -0.141. The smallest absolute Gasteiger partial charge is 0.119 e. The monoisotopic (exact) mass is 289 g/mol. The second kappa shape index (κ2) is 6.37. The molecule has 2 N–H and O–H groups in total. The van der Waals surface area contributed by atoms with Gasteiger partial charge in [-0.3, -0.25) is 0 Å². The van der Waals surface area contributed by atoms with Gasteiger partial charge in [0.1, 0.15) is 5.75 Å². The molecule has 21 heavy (non-hydrogen) atoms. The molecule has 3 heteroatoms. The van der Waals surface area contributed by atoms with Crippen LogP contribution in [0.4, 0.5) is 0 Å². The summed E-state index contributed by atoms with van der Waals surface area (Å²) in [7, 11) is 1.70. The van der Waals surface area contributed by atoms with Crippen LogP contribution in [-0.4, -0.2) is 19.3 Å². The summed E-state index contributed by atoms with van der Waals surface area (Å²) in [6, 6.07) is 8.48. The van der Waals surface area contributed by atoms with Crippen LogP contribution in [0, 0.1) is 5.41 Å². The van der Waals surface area contributed by atoms with Crippen molar-refractivity contribution in [2.45, 2.75) is 63.7 Å². The fourth-order valence-corrected chi connectivity index (χ4v) is 4.05. The molecule has 116 valence electrons. The highest BCUT2D eigenvalue weighted by Crippen LogP contribution is 2.51. The molecule has 0 bridgehead atoms. The highest BCUT2D eigenvalue weighted by atomic mass is 16.5. The third-order valence-electron chi connectivity index (χ3n) is 5.47. The molecule has 2 atom stereocenters. The highest BCUT2D eigenvalue weighted by Gasteiger charge is 2.53. The summed E-state index contributed by atoms with van der Waals surface area (Å²) in [5, 5.41) is 0. The van der Waals surface area contributed by atoms with E-state index in [1.807, 2.05) is 12.1 Å². The summed E-state index contributed by atoms with van der Waals surface area (Å²) in [6.45, 7) is 0.663. The Morgan fingerprint density at radius 3 is 2.62 bits per heavy atom. The van der Waals surface area contributed by atoms with E-state index in [-0.39, 0.29) is 5.41 Å². The predicted molar refractivity (Wildman–Crippen MR) is 84.3 cm³/mol. The Labute approximate surface area is 127 Å². The Balaban J connectivity index is 1.62. The standard InChI is InChI=1S/C18H27NO2/c1-20-15-8-6-7-14(11-15)13-21-17-12-16(19)18(17)9-4-2-3-5-10-18/h6-8,11,16-17H,2-5,9-10,12-13,19H2,1H3. The van der Waals surface area contributed by atoms with Gasteiger partial charge in [-0.2, -0.15) is 0 Å². The van der Waals surface area contributed by atoms with Gasteiger partial charge in [0.25, 0.3) is 0 Å². The molecule has 2 aliphatic carbocycles. The number of rotatable bonds is 4. The lowest BCUT2D eigenvalue weighted by Gasteiger charge is -2.54. The average Bonchev–Trinajstić information content (AvgIpc) is 2.79. The van der Waals surface area contributed by atoms with E-state index in [4.69, 9.17) is 15.2 Å². The van der Waals surface area contributed by atoms with E-state index in [0.717, 1.165) is 12.2 Å². The van der Waals surface area contributed by atoms with Crippen molar-refractivity contribution in [2.75, 3.05) is 7.11 Å². The van der Waals surface area contributed by atoms with Gasteiger partial charge >= 0.3 is 0 Å². The van der Waals surface area contributed by atoms with E-state index in [1.54, 1.807) is 7.11 Å². The first-order valence-corrected chi connectivity index (χ1v) is 8.25. The zero-order valence-electron chi connectivity index (χ0n) is 13.0. The van der Waals surface area contributed by atoms with Gasteiger partial charge in [-0.1, -0.05) is 37.8 Å². The fourth-order valence-electron chi connectivity index (χ4n) is 4.05. The SMILES string of the molecule is COc1cccc(COC2CC(N)C23CCCCCC3)c1. The van der Waals surface area contributed by atoms with Crippen LogP contribution in [0.3, 0.4) is 0 Å². The Morgan fingerprint density at radius 2 is 1.95 bits per heavy atom. The van der Waals surface area contributed by atoms with E-state index in [9.17, 15) is 0 Å². The minimum absolute atomic E-state index is 0.259. The number of benzene rings is 1. The molecule has 0 aromatic heterocycles. The molecule has 1 aromatic carbocycles. The molecule has 2 unspecified atom stereocenters. The number of hydrogen-bond acceptors (Lipinski definition) is 3. The van der Waals surface area contributed by atoms with E-state index >= 15 is 0 Å². The molecule has 0 aliphatic heterocycles. The quantitative estimate of drug-likeness (QED) is 0.920. The topological polar surface area (TPSA) is 44.5 Å². The second-order valence-corrected chi connectivity index (χ2v) is 6.64. The summed E-state index contributed by atoms with van der Waals surface area (Å²) >= 11 is 0. The molecule has 1 aromatic rings. The zero-order chi connectivity index (χ0) is 14.7. The van der Waals surface area contributed by atoms with Crippen molar-refractivity contribution in [3.8, 4) is 5.75 Å². The molecule has 0 heterocycles. The largest absolute Gasteiger partial charge is 0.497 e. The minimum Gasteiger partial charge on any atom is -0.497 e. The van der Waals surface area contributed by atoms with Crippen molar-refractivity contribution >= 4 is 0 Å². The maximum atomic E-state index is 6.36. The average molecular weight is 289 g/mol. The first-order valence-electron chi connectivity index (χ1n) is 8.25. The van der Waals surface area contributed by atoms with Gasteiger partial charge in [0.05, 0.1) is 19.8 Å². The van der Waals surface area contributed by atoms with Gasteiger partial charge in [0, 0.05) is 11.5 Å². The van der Waals surface area contributed by atoms with Crippen molar-refractivity contribution in [2.24, 2.45) is 11.1 Å². The molecule has 0 radical (unpaired) electrons. The Morgan fingerprint density at radius 1 is 1.19 bits per heavy atom. The van der Waals surface area contributed by atoms with Gasteiger partial charge in [0.2, 0.25) is 0 Å². The lowest BCUT2D eigenvalue weighted by atomic mass is 9.58. The molecule has 2 saturated carbocycles. The summed E-state index contributed by atoms with van der Waals surface area (Å²) in [5.41, 5.74) is 7.80. The molecule has 2 fully saturated rings. The minimum atomic E-state index is 0.259. The molecule has 3 nitrogen and oxygen atoms in total. The van der Waals surface area contributed by atoms with Crippen LogP contribution >= 0.6 is 0 Å². The molecular weight excluding hydrogens is 262 g/mol. The molecule has 0 amide bonds. The number of ether oxygens (including phenoxy) is 2. The van der Waals surface area contributed by atoms with Crippen LogP contribution < -0.4 is 10.5 Å². The maximum Gasteiger partial charge on any atom is 0.119 e. The van der Waals surface area contributed by atoms with E-state index in [2.05, 4.69) is 12.1 Å². The van der Waals surface area contributed by atoms with Crippen LogP contribution in [0.15, 0.2) is 24.3 Å². The Bertz CT molecular complexity index is 466. The number of hydrogen-bond donors (Lipinski definition) is 1. The number of nitrogens with two attached hydrogens (primary N) is 1. The normalized spacial score (nSPS) is 27.9. The van der Waals surface area contributed by atoms with Gasteiger partial charge in [-0.05, 0) is 37.0 Å². The van der Waals surface area contributed by atoms with Crippen LogP contribution in [0.1, 0.15) is 50.5 Å². The maximum absolute atomic E-state index is 6.36. The van der Waals surface area contributed by atoms with E-state index in [0.29, 0.717) is 18.8 Å². The summed E-state index contributed by atoms with van der Waals surface area (Å²) < 4.78 is 11.5. The Hall–Kier alpha value is -1.06. The molecule has 1 spiro atoms. The van der Waals surface area contributed by atoms with Crippen LogP contribution in [0.25, 0.3) is 0 Å². The van der Waals surface area contributed by atoms with Crippen molar-refractivity contribution in [3.63, 3.8) is 0 Å². The molecule has 0 saturated heterocycles. The predicted octanol–water partition coefficient (Wildman–Crippen LogP) is 3.65. The van der Waals surface area contributed by atoms with Crippen molar-refractivity contribution in [1.29, 1.82) is 0 Å². The van der Waals surface area contributed by atoms with E-state index < -0.39 is 0 Å². The highest BCUT2D eigenvalue weighted by molar-refractivity contribution is 5.28. The van der Waals surface area contributed by atoms with E-state index in [1.165, 1.54) is 44.1 Å². The summed E-state index contributed by atoms with van der Waals surface area (Å²) in [6.07, 6.45) is 9.20. The van der Waals surface area contributed by atoms with Gasteiger partial charge in [-0.25, -0.2) is 0 Å². The van der Waals surface area contributed by atoms with Crippen molar-refractivity contribution in [3.05, 3.63) is 29.8 Å². The molecule has 2 aliphatic rings. The molecule has 3 rings (SSSR count). The van der Waals surface area contributed by atoms with Crippen molar-refractivity contribution in [1.82, 2.24) is 0 Å². The summed E-state index contributed by atoms with van der Waals surface area (Å²) in [4.78, 5) is 0. The van der Waals surface area contributed by atoms with Gasteiger partial charge in [0.15, 0.2) is 0 Å². The second-order valence-electron chi connectivity index (χ2n) is 6.64. The van der Waals surface area contributed by atoms with Crippen LogP contribution in [0.2, 0.25) is 0 Å². The third kappa shape index (κ3) is 2.95. The van der Waals surface area contributed by atoms with Crippen LogP contribution in [0.5, 0.6) is 5.75 Å². The van der Waals surface area contributed by atoms with Crippen molar-refractivity contribution < 1.29 is 9.47 Å². The Kier molecular flexibility index (Phi) is 4.51. The third-order valence-corrected chi connectivity index (χ3v) is 5.47.